The molecule has 3 aliphatic carbocycles. The molecule has 6 rings (SSSR count). The molecule has 0 radical (unpaired) electrons. The smallest absolute Gasteiger partial charge is 0.222 e. The number of hydrogen-bond donors (Lipinski definition) is 2. The van der Waals surface area contributed by atoms with E-state index < -0.39 is 11.0 Å². The SMILES string of the molecule is C=CCN1CC[C@]23c4c5ccc(O)c4O[C@@H]2[C@H](N(C)C(=O)CCC2CCCCC2)CC[C@@]3(O)[C@H]1C5. The third-order valence-electron chi connectivity index (χ3n) is 10.3. The number of aromatic hydroxyl groups is 1. The summed E-state index contributed by atoms with van der Waals surface area (Å²) in [4.78, 5) is 17.7. The predicted molar refractivity (Wildman–Crippen MR) is 135 cm³/mol. The lowest BCUT2D eigenvalue weighted by Gasteiger charge is -2.64. The first-order valence-electron chi connectivity index (χ1n) is 13.8. The number of piperidine rings is 1. The van der Waals surface area contributed by atoms with Gasteiger partial charge in [0.2, 0.25) is 5.91 Å². The molecule has 0 aromatic heterocycles. The van der Waals surface area contributed by atoms with Gasteiger partial charge in [-0.25, -0.2) is 0 Å². The maximum absolute atomic E-state index is 13.4. The van der Waals surface area contributed by atoms with Crippen LogP contribution in [0.3, 0.4) is 0 Å². The highest BCUT2D eigenvalue weighted by atomic mass is 16.5. The summed E-state index contributed by atoms with van der Waals surface area (Å²) in [7, 11) is 1.93. The van der Waals surface area contributed by atoms with Crippen LogP contribution in [0.15, 0.2) is 24.8 Å². The molecule has 2 heterocycles. The second-order valence-electron chi connectivity index (χ2n) is 11.8. The van der Waals surface area contributed by atoms with Gasteiger partial charge in [0.15, 0.2) is 11.5 Å². The third-order valence-corrected chi connectivity index (χ3v) is 10.3. The molecule has 6 heteroatoms. The summed E-state index contributed by atoms with van der Waals surface area (Å²) in [5.41, 5.74) is 0.619. The molecule has 3 fully saturated rings. The molecule has 5 aliphatic rings. The van der Waals surface area contributed by atoms with E-state index in [1.807, 2.05) is 24.1 Å². The highest BCUT2D eigenvalue weighted by Crippen LogP contribution is 2.65. The first-order valence-corrected chi connectivity index (χ1v) is 13.8. The van der Waals surface area contributed by atoms with Gasteiger partial charge in [-0.05, 0) is 56.2 Å². The second-order valence-corrected chi connectivity index (χ2v) is 11.8. The molecule has 5 atom stereocenters. The van der Waals surface area contributed by atoms with Gasteiger partial charge in [0.25, 0.3) is 0 Å². The van der Waals surface area contributed by atoms with E-state index in [2.05, 4.69) is 11.5 Å². The van der Waals surface area contributed by atoms with Gasteiger partial charge < -0.3 is 19.8 Å². The van der Waals surface area contributed by atoms with Gasteiger partial charge in [-0.1, -0.05) is 44.2 Å². The van der Waals surface area contributed by atoms with Crippen LogP contribution in [0.2, 0.25) is 0 Å². The minimum absolute atomic E-state index is 0.0170. The number of rotatable bonds is 6. The van der Waals surface area contributed by atoms with E-state index in [-0.39, 0.29) is 29.8 Å². The number of benzene rings is 1. The van der Waals surface area contributed by atoms with Crippen LogP contribution < -0.4 is 4.74 Å². The first kappa shape index (κ1) is 23.4. The summed E-state index contributed by atoms with van der Waals surface area (Å²) in [5.74, 6) is 1.54. The van der Waals surface area contributed by atoms with Crippen molar-refractivity contribution in [3.05, 3.63) is 35.9 Å². The van der Waals surface area contributed by atoms with Crippen molar-refractivity contribution < 1.29 is 19.7 Å². The van der Waals surface area contributed by atoms with Crippen molar-refractivity contribution in [3.8, 4) is 11.5 Å². The van der Waals surface area contributed by atoms with Crippen molar-refractivity contribution >= 4 is 5.91 Å². The lowest BCUT2D eigenvalue weighted by molar-refractivity contribution is -0.198. The number of aliphatic hydroxyl groups is 1. The fourth-order valence-corrected chi connectivity index (χ4v) is 8.55. The molecular formula is C29H40N2O4. The topological polar surface area (TPSA) is 73.2 Å². The Kier molecular flexibility index (Phi) is 5.68. The highest BCUT2D eigenvalue weighted by Gasteiger charge is 2.73. The van der Waals surface area contributed by atoms with E-state index >= 15 is 0 Å². The molecule has 1 spiro atoms. The van der Waals surface area contributed by atoms with Crippen molar-refractivity contribution in [1.29, 1.82) is 0 Å². The van der Waals surface area contributed by atoms with Gasteiger partial charge in [-0.3, -0.25) is 9.69 Å². The quantitative estimate of drug-likeness (QED) is 0.604. The Morgan fingerprint density at radius 1 is 1.26 bits per heavy atom. The van der Waals surface area contributed by atoms with Crippen LogP contribution in [0, 0.1) is 5.92 Å². The van der Waals surface area contributed by atoms with Gasteiger partial charge in [-0.15, -0.1) is 6.58 Å². The molecular weight excluding hydrogens is 440 g/mol. The van der Waals surface area contributed by atoms with Gasteiger partial charge in [0.1, 0.15) is 6.10 Å². The average molecular weight is 481 g/mol. The number of amides is 1. The summed E-state index contributed by atoms with van der Waals surface area (Å²) >= 11 is 0. The lowest BCUT2D eigenvalue weighted by Crippen LogP contribution is -2.78. The molecule has 190 valence electrons. The van der Waals surface area contributed by atoms with Gasteiger partial charge in [0, 0.05) is 31.6 Å². The summed E-state index contributed by atoms with van der Waals surface area (Å²) in [6.07, 6.45) is 12.4. The van der Waals surface area contributed by atoms with E-state index in [9.17, 15) is 15.0 Å². The molecule has 35 heavy (non-hydrogen) atoms. The van der Waals surface area contributed by atoms with Crippen molar-refractivity contribution in [2.45, 2.75) is 99.8 Å². The Balaban J connectivity index is 1.32. The van der Waals surface area contributed by atoms with Crippen molar-refractivity contribution in [2.24, 2.45) is 5.92 Å². The number of phenols is 1. The number of carbonyl (C=O) groups is 1. The highest BCUT2D eigenvalue weighted by molar-refractivity contribution is 5.76. The zero-order valence-electron chi connectivity index (χ0n) is 21.0. The average Bonchev–Trinajstić information content (AvgIpc) is 3.22. The van der Waals surface area contributed by atoms with Crippen molar-refractivity contribution in [2.75, 3.05) is 20.1 Å². The molecule has 1 aromatic carbocycles. The van der Waals surface area contributed by atoms with E-state index in [4.69, 9.17) is 4.74 Å². The van der Waals surface area contributed by atoms with Crippen LogP contribution in [0.5, 0.6) is 11.5 Å². The van der Waals surface area contributed by atoms with Crippen molar-refractivity contribution in [1.82, 2.24) is 9.80 Å². The summed E-state index contributed by atoms with van der Waals surface area (Å²) < 4.78 is 6.61. The largest absolute Gasteiger partial charge is 0.504 e. The molecule has 2 saturated carbocycles. The van der Waals surface area contributed by atoms with Crippen LogP contribution in [-0.4, -0.2) is 69.8 Å². The minimum atomic E-state index is -0.951. The standard InChI is InChI=1S/C29H40N2O4/c1-3-16-31-17-15-28-25-20-10-11-22(32)26(25)35-27(28)21(13-14-29(28,34)23(31)18-20)30(2)24(33)12-9-19-7-5-4-6-8-19/h3,10-11,19,21,23,27,32,34H,1,4-9,12-18H2,2H3/t21-,23-,27-,28+,29-/m1/s1. The lowest BCUT2D eigenvalue weighted by atomic mass is 9.48. The molecule has 2 N–H and O–H groups in total. The minimum Gasteiger partial charge on any atom is -0.504 e. The summed E-state index contributed by atoms with van der Waals surface area (Å²) in [6, 6.07) is 3.61. The molecule has 1 saturated heterocycles. The van der Waals surface area contributed by atoms with E-state index in [1.54, 1.807) is 6.07 Å². The Morgan fingerprint density at radius 3 is 2.83 bits per heavy atom. The van der Waals surface area contributed by atoms with Crippen LogP contribution >= 0.6 is 0 Å². The zero-order chi connectivity index (χ0) is 24.4. The molecule has 2 bridgehead atoms. The number of likely N-dealkylation sites (tertiary alicyclic amines) is 1. The fraction of sp³-hybridized carbons (Fsp3) is 0.690. The Labute approximate surface area is 208 Å². The summed E-state index contributed by atoms with van der Waals surface area (Å²) in [5, 5.41) is 23.2. The molecule has 1 aromatic rings. The second kappa shape index (κ2) is 8.52. The Morgan fingerprint density at radius 2 is 2.06 bits per heavy atom. The van der Waals surface area contributed by atoms with E-state index in [0.29, 0.717) is 30.9 Å². The normalized spacial score (nSPS) is 35.8. The van der Waals surface area contributed by atoms with Gasteiger partial charge in [-0.2, -0.15) is 0 Å². The van der Waals surface area contributed by atoms with Crippen LogP contribution in [0.25, 0.3) is 0 Å². The third kappa shape index (κ3) is 3.25. The maximum Gasteiger partial charge on any atom is 0.222 e. The Hall–Kier alpha value is -2.05. The molecule has 2 aliphatic heterocycles. The maximum atomic E-state index is 13.4. The van der Waals surface area contributed by atoms with Crippen LogP contribution in [0.1, 0.15) is 75.3 Å². The predicted octanol–water partition coefficient (Wildman–Crippen LogP) is 3.92. The zero-order valence-corrected chi connectivity index (χ0v) is 21.0. The number of carbonyl (C=O) groups excluding carboxylic acids is 1. The van der Waals surface area contributed by atoms with Crippen LogP contribution in [-0.2, 0) is 16.6 Å². The van der Waals surface area contributed by atoms with E-state index in [0.717, 1.165) is 43.5 Å². The first-order chi connectivity index (χ1) is 16.9. The van der Waals surface area contributed by atoms with Gasteiger partial charge in [0.05, 0.1) is 17.1 Å². The fourth-order valence-electron chi connectivity index (χ4n) is 8.55. The van der Waals surface area contributed by atoms with E-state index in [1.165, 1.54) is 32.1 Å². The number of hydrogen-bond acceptors (Lipinski definition) is 5. The Bertz CT molecular complexity index is 1020. The summed E-state index contributed by atoms with van der Waals surface area (Å²) in [6.45, 7) is 5.54. The van der Waals surface area contributed by atoms with Crippen LogP contribution in [0.4, 0.5) is 0 Å². The number of likely N-dealkylation sites (N-methyl/N-ethyl adjacent to an activating group) is 1. The molecule has 1 amide bonds. The number of phenolic OH excluding ortho intramolecular Hbond substituents is 1. The number of ether oxygens (including phenoxy) is 1. The molecule has 6 nitrogen and oxygen atoms in total. The number of nitrogens with zero attached hydrogens (tertiary/aromatic N) is 2. The monoisotopic (exact) mass is 480 g/mol. The molecule has 0 unspecified atom stereocenters. The van der Waals surface area contributed by atoms with Gasteiger partial charge >= 0.3 is 0 Å². The van der Waals surface area contributed by atoms with Crippen molar-refractivity contribution in [3.63, 3.8) is 0 Å².